The number of carbonyl (C=O) groups excluding carboxylic acids is 1. The maximum atomic E-state index is 11.9. The molecule has 0 spiro atoms. The van der Waals surface area contributed by atoms with Crippen LogP contribution >= 0.6 is 46.5 Å². The van der Waals surface area contributed by atoms with Crippen molar-refractivity contribution in [3.8, 4) is 0 Å². The highest BCUT2D eigenvalue weighted by Crippen LogP contribution is 2.29. The first-order valence-corrected chi connectivity index (χ1v) is 13.6. The lowest BCUT2D eigenvalue weighted by Crippen LogP contribution is -2.12. The molecule has 33 heavy (non-hydrogen) atoms. The van der Waals surface area contributed by atoms with Gasteiger partial charge < -0.3 is 5.32 Å². The van der Waals surface area contributed by atoms with Crippen molar-refractivity contribution in [3.05, 3.63) is 83.9 Å². The lowest BCUT2D eigenvalue weighted by molar-refractivity contribution is -0.115. The van der Waals surface area contributed by atoms with Gasteiger partial charge >= 0.3 is 0 Å². The molecule has 0 bridgehead atoms. The standard InChI is InChI=1S/C16H13ClN2OS2.C9H11NS/c17-11-5-1-2-6-12(11)18-15(20)9-10-21-16-19-13-7-3-4-8-14(13)22-16;1-2-11-8-10-9-6-4-3-5-7-9/h1-8H,9-10H2,(H,18,20);3-8H,2H2,1H3. The number of rotatable bonds is 8. The van der Waals surface area contributed by atoms with Crippen LogP contribution in [0.3, 0.4) is 0 Å². The van der Waals surface area contributed by atoms with Gasteiger partial charge in [-0.3, -0.25) is 9.79 Å². The third-order valence-corrected chi connectivity index (χ3v) is 7.27. The first kappa shape index (κ1) is 25.3. The van der Waals surface area contributed by atoms with E-state index in [4.69, 9.17) is 11.6 Å². The maximum absolute atomic E-state index is 11.9. The Hall–Kier alpha value is -2.32. The first-order valence-electron chi connectivity index (χ1n) is 10.4. The lowest BCUT2D eigenvalue weighted by Gasteiger charge is -2.06. The molecule has 0 unspecified atom stereocenters. The molecule has 1 amide bonds. The van der Waals surface area contributed by atoms with E-state index in [2.05, 4.69) is 28.3 Å². The smallest absolute Gasteiger partial charge is 0.225 e. The molecule has 0 fully saturated rings. The summed E-state index contributed by atoms with van der Waals surface area (Å²) in [5.41, 5.74) is 4.57. The fourth-order valence-electron chi connectivity index (χ4n) is 2.61. The van der Waals surface area contributed by atoms with Crippen LogP contribution in [0.25, 0.3) is 10.2 Å². The average molecular weight is 514 g/mol. The van der Waals surface area contributed by atoms with Gasteiger partial charge in [0.1, 0.15) is 0 Å². The van der Waals surface area contributed by atoms with Gasteiger partial charge in [-0.25, -0.2) is 4.98 Å². The minimum atomic E-state index is -0.0401. The molecule has 0 aliphatic carbocycles. The summed E-state index contributed by atoms with van der Waals surface area (Å²) in [6, 6.07) is 25.2. The van der Waals surface area contributed by atoms with Crippen LogP contribution in [0.1, 0.15) is 13.3 Å². The molecule has 0 aliphatic heterocycles. The number of amides is 1. The van der Waals surface area contributed by atoms with E-state index in [-0.39, 0.29) is 5.91 Å². The Labute approximate surface area is 211 Å². The molecular formula is C25H24ClN3OS3. The monoisotopic (exact) mass is 513 g/mol. The van der Waals surface area contributed by atoms with Crippen molar-refractivity contribution < 1.29 is 4.79 Å². The van der Waals surface area contributed by atoms with Gasteiger partial charge in [0.25, 0.3) is 0 Å². The van der Waals surface area contributed by atoms with E-state index in [0.29, 0.717) is 22.9 Å². The highest BCUT2D eigenvalue weighted by molar-refractivity contribution is 8.12. The Morgan fingerprint density at radius 1 is 1.06 bits per heavy atom. The Bertz CT molecular complexity index is 1150. The average Bonchev–Trinajstić information content (AvgIpc) is 3.25. The molecule has 0 radical (unpaired) electrons. The van der Waals surface area contributed by atoms with Crippen LogP contribution in [0, 0.1) is 0 Å². The summed E-state index contributed by atoms with van der Waals surface area (Å²) < 4.78 is 2.16. The maximum Gasteiger partial charge on any atom is 0.225 e. The SMILES string of the molecule is CCSC=Nc1ccccc1.O=C(CCSc1nc2ccccc2s1)Nc1ccccc1Cl. The number of carbonyl (C=O) groups is 1. The number of thiazole rings is 1. The molecule has 1 aromatic heterocycles. The van der Waals surface area contributed by atoms with Gasteiger partial charge in [-0.15, -0.1) is 23.1 Å². The topological polar surface area (TPSA) is 54.4 Å². The van der Waals surface area contributed by atoms with Gasteiger partial charge in [0.05, 0.1) is 32.2 Å². The molecule has 4 aromatic rings. The summed E-state index contributed by atoms with van der Waals surface area (Å²) in [7, 11) is 0. The predicted molar refractivity (Wildman–Crippen MR) is 148 cm³/mol. The van der Waals surface area contributed by atoms with E-state index in [1.807, 2.05) is 66.2 Å². The van der Waals surface area contributed by atoms with Crippen LogP contribution in [-0.2, 0) is 4.79 Å². The molecule has 8 heteroatoms. The van der Waals surface area contributed by atoms with Crippen LogP contribution in [0.4, 0.5) is 11.4 Å². The van der Waals surface area contributed by atoms with Crippen LogP contribution in [0.15, 0.2) is 88.2 Å². The molecule has 0 saturated heterocycles. The fourth-order valence-corrected chi connectivity index (χ4v) is 5.21. The van der Waals surface area contributed by atoms with E-state index in [1.54, 1.807) is 47.0 Å². The number of aliphatic imine (C=N–C) groups is 1. The van der Waals surface area contributed by atoms with E-state index < -0.39 is 0 Å². The molecule has 170 valence electrons. The highest BCUT2D eigenvalue weighted by atomic mass is 35.5. The number of benzene rings is 3. The second-order valence-corrected chi connectivity index (χ2v) is 10.5. The molecule has 1 N–H and O–H groups in total. The zero-order chi connectivity index (χ0) is 23.3. The fraction of sp³-hybridized carbons (Fsp3) is 0.160. The van der Waals surface area contributed by atoms with Crippen molar-refractivity contribution in [3.63, 3.8) is 0 Å². The molecular weight excluding hydrogens is 490 g/mol. The second kappa shape index (κ2) is 14.1. The summed E-state index contributed by atoms with van der Waals surface area (Å²) in [5.74, 6) is 1.73. The predicted octanol–water partition coefficient (Wildman–Crippen LogP) is 8.17. The summed E-state index contributed by atoms with van der Waals surface area (Å²) in [4.78, 5) is 20.7. The van der Waals surface area contributed by atoms with Crippen LogP contribution < -0.4 is 5.32 Å². The summed E-state index contributed by atoms with van der Waals surface area (Å²) in [6.45, 7) is 2.11. The van der Waals surface area contributed by atoms with Gasteiger partial charge in [-0.1, -0.05) is 72.8 Å². The number of nitrogens with zero attached hydrogens (tertiary/aromatic N) is 2. The molecule has 1 heterocycles. The van der Waals surface area contributed by atoms with Crippen molar-refractivity contribution in [2.24, 2.45) is 4.99 Å². The zero-order valence-corrected chi connectivity index (χ0v) is 21.3. The van der Waals surface area contributed by atoms with Gasteiger partial charge in [-0.2, -0.15) is 0 Å². The first-order chi connectivity index (χ1) is 16.2. The number of hydrogen-bond donors (Lipinski definition) is 1. The van der Waals surface area contributed by atoms with Gasteiger partial charge in [0.2, 0.25) is 5.91 Å². The molecule has 0 aliphatic rings. The molecule has 3 aromatic carbocycles. The largest absolute Gasteiger partial charge is 0.325 e. The number of hydrogen-bond acceptors (Lipinski definition) is 6. The van der Waals surface area contributed by atoms with E-state index >= 15 is 0 Å². The number of para-hydroxylation sites is 3. The zero-order valence-electron chi connectivity index (χ0n) is 18.1. The molecule has 0 saturated carbocycles. The van der Waals surface area contributed by atoms with Crippen molar-refractivity contribution in [1.29, 1.82) is 0 Å². The second-order valence-electron chi connectivity index (χ2n) is 6.60. The van der Waals surface area contributed by atoms with Gasteiger partial charge in [0.15, 0.2) is 4.34 Å². The van der Waals surface area contributed by atoms with Crippen molar-refractivity contribution in [1.82, 2.24) is 4.98 Å². The van der Waals surface area contributed by atoms with Crippen molar-refractivity contribution in [2.45, 2.75) is 17.7 Å². The summed E-state index contributed by atoms with van der Waals surface area (Å²) >= 11 is 11.0. The Balaban J connectivity index is 0.000000235. The van der Waals surface area contributed by atoms with Crippen LogP contribution in [0.5, 0.6) is 0 Å². The Morgan fingerprint density at radius 2 is 1.79 bits per heavy atom. The molecule has 0 atom stereocenters. The lowest BCUT2D eigenvalue weighted by atomic mass is 10.3. The summed E-state index contributed by atoms with van der Waals surface area (Å²) in [5, 5.41) is 3.37. The third-order valence-electron chi connectivity index (χ3n) is 4.18. The number of thioether (sulfide) groups is 2. The van der Waals surface area contributed by atoms with Crippen molar-refractivity contribution in [2.75, 3.05) is 16.8 Å². The quantitative estimate of drug-likeness (QED) is 0.147. The molecule has 4 nitrogen and oxygen atoms in total. The minimum absolute atomic E-state index is 0.0401. The normalized spacial score (nSPS) is 10.7. The number of nitrogens with one attached hydrogen (secondary N) is 1. The Morgan fingerprint density at radius 3 is 2.55 bits per heavy atom. The van der Waals surface area contributed by atoms with Gasteiger partial charge in [-0.05, 0) is 42.2 Å². The number of aromatic nitrogens is 1. The van der Waals surface area contributed by atoms with E-state index in [1.165, 1.54) is 4.70 Å². The minimum Gasteiger partial charge on any atom is -0.325 e. The van der Waals surface area contributed by atoms with Crippen LogP contribution in [-0.4, -0.2) is 27.9 Å². The highest BCUT2D eigenvalue weighted by Gasteiger charge is 2.08. The third kappa shape index (κ3) is 8.85. The summed E-state index contributed by atoms with van der Waals surface area (Å²) in [6.07, 6.45) is 0.422. The number of anilines is 1. The Kier molecular flexibility index (Phi) is 10.8. The van der Waals surface area contributed by atoms with Gasteiger partial charge in [0, 0.05) is 12.2 Å². The van der Waals surface area contributed by atoms with Crippen LogP contribution in [0.2, 0.25) is 5.02 Å². The number of fused-ring (bicyclic) bond motifs is 1. The van der Waals surface area contributed by atoms with E-state index in [9.17, 15) is 4.79 Å². The molecule has 4 rings (SSSR count). The number of halogens is 1. The van der Waals surface area contributed by atoms with E-state index in [0.717, 1.165) is 21.3 Å². The van der Waals surface area contributed by atoms with Crippen molar-refractivity contribution >= 4 is 79.5 Å².